The summed E-state index contributed by atoms with van der Waals surface area (Å²) in [4.78, 5) is 0. The molecule has 3 N–H and O–H groups in total. The van der Waals surface area contributed by atoms with Gasteiger partial charge >= 0.3 is 7.12 Å². The highest BCUT2D eigenvalue weighted by Gasteiger charge is 2.18. The number of thiophene rings is 2. The molecule has 15 rings (SSSR count). The second-order valence-corrected chi connectivity index (χ2v) is 22.5. The fourth-order valence-corrected chi connectivity index (χ4v) is 13.3. The average molecular weight is 1130 g/mol. The van der Waals surface area contributed by atoms with Crippen molar-refractivity contribution in [3.63, 3.8) is 0 Å². The summed E-state index contributed by atoms with van der Waals surface area (Å²) in [6.07, 6.45) is 1.38. The largest absolute Gasteiger partial charge is 0.488 e. The Labute approximate surface area is 465 Å². The molecule has 0 aliphatic carbocycles. The molecule has 12 heteroatoms. The number of aliphatic hydroxyl groups excluding tert-OH is 1. The Morgan fingerprint density at radius 2 is 0.921 bits per heavy atom. The number of aliphatic hydroxyl groups is 1. The Morgan fingerprint density at radius 3 is 1.45 bits per heavy atom. The van der Waals surface area contributed by atoms with Crippen molar-refractivity contribution in [2.45, 2.75) is 19.1 Å². The van der Waals surface area contributed by atoms with Gasteiger partial charge in [0.1, 0.15) is 0 Å². The van der Waals surface area contributed by atoms with Crippen LogP contribution in [0.1, 0.15) is 12.8 Å². The summed E-state index contributed by atoms with van der Waals surface area (Å²) in [6, 6.07) is 75.3. The van der Waals surface area contributed by atoms with Crippen LogP contribution in [0.2, 0.25) is 10.0 Å². The highest BCUT2D eigenvalue weighted by atomic mass is 79.9. The molecule has 1 atom stereocenters. The quantitative estimate of drug-likeness (QED) is 0.153. The summed E-state index contributed by atoms with van der Waals surface area (Å²) >= 11 is 19.3. The van der Waals surface area contributed by atoms with E-state index in [-0.39, 0.29) is 0 Å². The van der Waals surface area contributed by atoms with Crippen LogP contribution in [-0.2, 0) is 4.74 Å². The lowest BCUT2D eigenvalue weighted by Gasteiger charge is -2.08. The van der Waals surface area contributed by atoms with Crippen molar-refractivity contribution < 1.29 is 19.9 Å². The first kappa shape index (κ1) is 50.0. The summed E-state index contributed by atoms with van der Waals surface area (Å²) in [6.45, 7) is 0.737. The summed E-state index contributed by atoms with van der Waals surface area (Å²) in [7, 11) is -1.46. The molecule has 1 saturated heterocycles. The van der Waals surface area contributed by atoms with Crippen LogP contribution in [0.25, 0.3) is 106 Å². The maximum atomic E-state index is 9.43. The van der Waals surface area contributed by atoms with E-state index in [1.54, 1.807) is 28.7 Å². The first-order valence-corrected chi connectivity index (χ1v) is 28.1. The molecule has 0 saturated carbocycles. The van der Waals surface area contributed by atoms with Crippen LogP contribution in [0.3, 0.4) is 0 Å². The predicted molar refractivity (Wildman–Crippen MR) is 328 cm³/mol. The molecule has 6 nitrogen and oxygen atoms in total. The number of rotatable bonds is 4. The zero-order valence-corrected chi connectivity index (χ0v) is 45.4. The van der Waals surface area contributed by atoms with Gasteiger partial charge in [0.2, 0.25) is 0 Å². The lowest BCUT2D eigenvalue weighted by molar-refractivity contribution is -0.0589. The van der Waals surface area contributed by atoms with Gasteiger partial charge < -0.3 is 29.0 Å². The zero-order valence-electron chi connectivity index (χ0n) is 40.7. The van der Waals surface area contributed by atoms with Crippen molar-refractivity contribution in [2.24, 2.45) is 0 Å². The van der Waals surface area contributed by atoms with Crippen molar-refractivity contribution in [1.82, 2.24) is 9.13 Å². The SMILES string of the molecule is Clc1ccc2c(c1)sc1ccc(-c3ccc4c(c3)c3ccccc3n4-c3ccccc3)cc12.Clc1ccc2c(c1)sc1ccc(Br)cc12.OB(O)c1ccc2c(c1)c1ccccc1n2-c1ccccc1.OC1CCCO1. The number of para-hydroxylation sites is 4. The maximum absolute atomic E-state index is 9.43. The molecule has 14 aromatic rings. The third-order valence-electron chi connectivity index (χ3n) is 13.8. The normalized spacial score (nSPS) is 13.3. The van der Waals surface area contributed by atoms with E-state index in [0.717, 1.165) is 61.5 Å². The molecule has 1 aliphatic heterocycles. The number of hydrogen-bond donors (Lipinski definition) is 3. The van der Waals surface area contributed by atoms with Crippen molar-refractivity contribution in [3.8, 4) is 22.5 Å². The second kappa shape index (κ2) is 21.7. The number of nitrogens with zero attached hydrogens (tertiary/aromatic N) is 2. The van der Waals surface area contributed by atoms with Crippen molar-refractivity contribution in [1.29, 1.82) is 0 Å². The Bertz CT molecular complexity index is 4420. The number of benzene rings is 10. The Hall–Kier alpha value is -6.80. The zero-order chi connectivity index (χ0) is 51.9. The molecule has 5 heterocycles. The molecule has 4 aromatic heterocycles. The van der Waals surface area contributed by atoms with Crippen LogP contribution < -0.4 is 5.46 Å². The topological polar surface area (TPSA) is 79.8 Å². The summed E-state index contributed by atoms with van der Waals surface area (Å²) < 4.78 is 15.4. The molecular formula is C64H46BBrCl2N2O4S2. The number of ether oxygens (including phenoxy) is 1. The molecule has 76 heavy (non-hydrogen) atoms. The fourth-order valence-electron chi connectivity index (χ4n) is 10.2. The van der Waals surface area contributed by atoms with E-state index in [4.69, 9.17) is 33.0 Å². The minimum absolute atomic E-state index is 0.454. The average Bonchev–Trinajstić information content (AvgIpc) is 4.35. The minimum Gasteiger partial charge on any atom is -0.423 e. The van der Waals surface area contributed by atoms with Crippen LogP contribution in [0.4, 0.5) is 0 Å². The lowest BCUT2D eigenvalue weighted by atomic mass is 9.80. The third-order valence-corrected chi connectivity index (χ3v) is 17.0. The van der Waals surface area contributed by atoms with E-state index in [1.807, 2.05) is 60.7 Å². The fraction of sp³-hybridized carbons (Fsp3) is 0.0625. The van der Waals surface area contributed by atoms with E-state index in [9.17, 15) is 10.0 Å². The van der Waals surface area contributed by atoms with Gasteiger partial charge in [0.25, 0.3) is 0 Å². The van der Waals surface area contributed by atoms with E-state index in [0.29, 0.717) is 5.46 Å². The van der Waals surface area contributed by atoms with Gasteiger partial charge in [0, 0.05) is 101 Å². The monoisotopic (exact) mass is 1130 g/mol. The summed E-state index contributed by atoms with van der Waals surface area (Å²) in [5.41, 5.74) is 9.85. The van der Waals surface area contributed by atoms with Crippen molar-refractivity contribution in [3.05, 3.63) is 233 Å². The van der Waals surface area contributed by atoms with Gasteiger partial charge in [-0.05, 0) is 132 Å². The second-order valence-electron chi connectivity index (χ2n) is 18.6. The minimum atomic E-state index is -1.46. The summed E-state index contributed by atoms with van der Waals surface area (Å²) in [5.74, 6) is 0. The van der Waals surface area contributed by atoms with Gasteiger partial charge in [-0.1, -0.05) is 148 Å². The number of hydrogen-bond acceptors (Lipinski definition) is 6. The van der Waals surface area contributed by atoms with Crippen LogP contribution in [0.5, 0.6) is 0 Å². The first-order valence-electron chi connectivity index (χ1n) is 24.9. The number of aromatic nitrogens is 2. The molecule has 1 fully saturated rings. The van der Waals surface area contributed by atoms with Gasteiger partial charge in [-0.3, -0.25) is 0 Å². The molecule has 0 spiro atoms. The Morgan fingerprint density at radius 1 is 0.447 bits per heavy atom. The Kier molecular flexibility index (Phi) is 14.3. The maximum Gasteiger partial charge on any atom is 0.488 e. The van der Waals surface area contributed by atoms with Gasteiger partial charge in [-0.2, -0.15) is 0 Å². The number of halogens is 3. The first-order chi connectivity index (χ1) is 37.1. The number of fused-ring (bicyclic) bond motifs is 12. The highest BCUT2D eigenvalue weighted by molar-refractivity contribution is 9.10. The van der Waals surface area contributed by atoms with Crippen LogP contribution >= 0.6 is 61.8 Å². The van der Waals surface area contributed by atoms with Gasteiger partial charge in [0.15, 0.2) is 6.29 Å². The van der Waals surface area contributed by atoms with E-state index >= 15 is 0 Å². The molecule has 0 bridgehead atoms. The smallest absolute Gasteiger partial charge is 0.423 e. The van der Waals surface area contributed by atoms with Crippen LogP contribution in [0.15, 0.2) is 223 Å². The van der Waals surface area contributed by atoms with Crippen molar-refractivity contribution >= 4 is 158 Å². The predicted octanol–water partition coefficient (Wildman–Crippen LogP) is 17.5. The van der Waals surface area contributed by atoms with Gasteiger partial charge in [-0.15, -0.1) is 22.7 Å². The molecule has 1 aliphatic rings. The molecule has 1 unspecified atom stereocenters. The van der Waals surface area contributed by atoms with Crippen molar-refractivity contribution in [2.75, 3.05) is 6.61 Å². The summed E-state index contributed by atoms with van der Waals surface area (Å²) in [5, 5.41) is 38.7. The van der Waals surface area contributed by atoms with E-state index in [1.165, 1.54) is 79.0 Å². The molecule has 0 radical (unpaired) electrons. The van der Waals surface area contributed by atoms with Crippen LogP contribution in [0, 0.1) is 0 Å². The standard InChI is InChI=1S/C30H18ClNS.C18H14BNO2.C12H6BrClS.C4H8O2/c31-21-12-13-24-26-17-20(11-15-29(26)33-30(24)18-21)19-10-14-28-25(16-19)23-8-4-5-9-27(23)32(28)22-6-2-1-3-7-22;21-19(22)13-10-11-18-16(12-13)15-8-4-5-9-17(15)20(18)14-6-2-1-3-7-14;13-7-1-4-11-10(5-7)9-3-2-8(14)6-12(9)15-11;5-4-2-1-3-6-4/h1-18H;1-12,21-22H;1-6H;4-5H,1-3H2. The molecule has 372 valence electrons. The molecule has 10 aromatic carbocycles. The van der Waals surface area contributed by atoms with Gasteiger partial charge in [0.05, 0.1) is 22.1 Å². The lowest BCUT2D eigenvalue weighted by Crippen LogP contribution is -2.29. The van der Waals surface area contributed by atoms with Gasteiger partial charge in [-0.25, -0.2) is 0 Å². The third kappa shape index (κ3) is 9.93. The molecule has 0 amide bonds. The van der Waals surface area contributed by atoms with E-state index < -0.39 is 13.4 Å². The van der Waals surface area contributed by atoms with E-state index in [2.05, 4.69) is 177 Å². The molecular weight excluding hydrogens is 1090 g/mol. The Balaban J connectivity index is 0.000000116. The van der Waals surface area contributed by atoms with Crippen LogP contribution in [-0.4, -0.2) is 44.3 Å². The highest BCUT2D eigenvalue weighted by Crippen LogP contribution is 2.41.